The van der Waals surface area contributed by atoms with Gasteiger partial charge in [-0.15, -0.1) is 0 Å². The number of carbonyl (C=O) groups excluding carboxylic acids is 2. The Hall–Kier alpha value is -3.92. The van der Waals surface area contributed by atoms with Gasteiger partial charge in [-0.1, -0.05) is 42.5 Å². The van der Waals surface area contributed by atoms with Gasteiger partial charge in [-0.3, -0.25) is 14.1 Å². The van der Waals surface area contributed by atoms with E-state index in [1.807, 2.05) is 43.3 Å². The monoisotopic (exact) mass is 551 g/mol. The Morgan fingerprint density at radius 1 is 1.05 bits per heavy atom. The molecule has 1 unspecified atom stereocenters. The SMILES string of the molecule is Cc1cccc(S(=O)(=O)N2CC(NC(=O)OC(C)(C)C)Cc3ncc(CC(=O)OCc4ccccc4)cc32)c1. The summed E-state index contributed by atoms with van der Waals surface area (Å²) in [6.45, 7) is 7.20. The molecule has 1 N–H and O–H groups in total. The van der Waals surface area contributed by atoms with Crippen LogP contribution in [0, 0.1) is 6.92 Å². The third kappa shape index (κ3) is 7.35. The number of carbonyl (C=O) groups is 2. The number of aryl methyl sites for hydroxylation is 1. The van der Waals surface area contributed by atoms with E-state index in [9.17, 15) is 18.0 Å². The van der Waals surface area contributed by atoms with Crippen molar-refractivity contribution in [1.29, 1.82) is 0 Å². The second-order valence-corrected chi connectivity index (χ2v) is 12.4. The summed E-state index contributed by atoms with van der Waals surface area (Å²) in [5.41, 5.74) is 2.34. The van der Waals surface area contributed by atoms with Crippen LogP contribution in [0.4, 0.5) is 10.5 Å². The molecule has 2 heterocycles. The number of hydrogen-bond acceptors (Lipinski definition) is 7. The maximum atomic E-state index is 13.8. The Labute approximate surface area is 229 Å². The number of benzene rings is 2. The fourth-order valence-electron chi connectivity index (χ4n) is 4.25. The van der Waals surface area contributed by atoms with Crippen LogP contribution < -0.4 is 9.62 Å². The zero-order valence-electron chi connectivity index (χ0n) is 22.5. The van der Waals surface area contributed by atoms with E-state index in [0.29, 0.717) is 23.4 Å². The smallest absolute Gasteiger partial charge is 0.407 e. The van der Waals surface area contributed by atoms with Crippen molar-refractivity contribution in [3.05, 3.63) is 89.2 Å². The van der Waals surface area contributed by atoms with Crippen LogP contribution in [0.1, 0.15) is 43.2 Å². The van der Waals surface area contributed by atoms with Gasteiger partial charge in [0.05, 0.1) is 35.3 Å². The number of nitrogens with zero attached hydrogens (tertiary/aromatic N) is 2. The average molecular weight is 552 g/mol. The molecule has 1 atom stereocenters. The van der Waals surface area contributed by atoms with Crippen LogP contribution >= 0.6 is 0 Å². The fourth-order valence-corrected chi connectivity index (χ4v) is 5.88. The predicted octanol–water partition coefficient (Wildman–Crippen LogP) is 4.32. The quantitative estimate of drug-likeness (QED) is 0.435. The topological polar surface area (TPSA) is 115 Å². The maximum absolute atomic E-state index is 13.8. The number of esters is 1. The second-order valence-electron chi connectivity index (χ2n) is 10.5. The van der Waals surface area contributed by atoms with E-state index in [-0.39, 0.29) is 24.5 Å². The van der Waals surface area contributed by atoms with Gasteiger partial charge in [-0.25, -0.2) is 13.2 Å². The summed E-state index contributed by atoms with van der Waals surface area (Å²) in [4.78, 5) is 29.6. The van der Waals surface area contributed by atoms with Crippen molar-refractivity contribution >= 4 is 27.8 Å². The fraction of sp³-hybridized carbons (Fsp3) is 0.345. The highest BCUT2D eigenvalue weighted by Gasteiger charge is 2.36. The molecule has 0 aliphatic carbocycles. The zero-order chi connectivity index (χ0) is 28.2. The minimum absolute atomic E-state index is 0.0217. The van der Waals surface area contributed by atoms with Crippen molar-refractivity contribution in [3.63, 3.8) is 0 Å². The molecule has 2 aromatic carbocycles. The Bertz CT molecular complexity index is 1450. The number of alkyl carbamates (subject to hydrolysis) is 1. The van der Waals surface area contributed by atoms with Gasteiger partial charge in [0.2, 0.25) is 0 Å². The molecule has 1 aliphatic rings. The maximum Gasteiger partial charge on any atom is 0.407 e. The standard InChI is InChI=1S/C29H33N3O6S/c1-20-9-8-12-24(13-20)39(35,36)32-18-23(31-28(34)38-29(2,3)4)16-25-26(32)14-22(17-30-25)15-27(33)37-19-21-10-6-5-7-11-21/h5-14,17,23H,15-16,18-19H2,1-4H3,(H,31,34). The minimum Gasteiger partial charge on any atom is -0.461 e. The number of anilines is 1. The van der Waals surface area contributed by atoms with Gasteiger partial charge in [0.15, 0.2) is 0 Å². The van der Waals surface area contributed by atoms with E-state index in [2.05, 4.69) is 10.3 Å². The van der Waals surface area contributed by atoms with Gasteiger partial charge in [0.1, 0.15) is 12.2 Å². The summed E-state index contributed by atoms with van der Waals surface area (Å²) in [6.07, 6.45) is 1.13. The summed E-state index contributed by atoms with van der Waals surface area (Å²) in [5.74, 6) is -0.450. The molecule has 0 saturated heterocycles. The first-order valence-electron chi connectivity index (χ1n) is 12.7. The van der Waals surface area contributed by atoms with Gasteiger partial charge in [0, 0.05) is 12.6 Å². The number of rotatable bonds is 7. The van der Waals surface area contributed by atoms with E-state index in [1.165, 1.54) is 16.6 Å². The van der Waals surface area contributed by atoms with E-state index in [4.69, 9.17) is 9.47 Å². The van der Waals surface area contributed by atoms with Crippen molar-refractivity contribution in [2.24, 2.45) is 0 Å². The van der Waals surface area contributed by atoms with E-state index in [0.717, 1.165) is 11.1 Å². The van der Waals surface area contributed by atoms with Crippen molar-refractivity contribution < 1.29 is 27.5 Å². The van der Waals surface area contributed by atoms with Crippen molar-refractivity contribution in [3.8, 4) is 0 Å². The zero-order valence-corrected chi connectivity index (χ0v) is 23.3. The highest BCUT2D eigenvalue weighted by Crippen LogP contribution is 2.32. The van der Waals surface area contributed by atoms with Crippen LogP contribution in [0.5, 0.6) is 0 Å². The van der Waals surface area contributed by atoms with Crippen LogP contribution in [0.3, 0.4) is 0 Å². The minimum atomic E-state index is -4.01. The third-order valence-electron chi connectivity index (χ3n) is 5.99. The summed E-state index contributed by atoms with van der Waals surface area (Å²) in [6, 6.07) is 17.1. The van der Waals surface area contributed by atoms with E-state index >= 15 is 0 Å². The van der Waals surface area contributed by atoms with Crippen molar-refractivity contribution in [2.45, 2.75) is 63.7 Å². The molecular weight excluding hydrogens is 518 g/mol. The predicted molar refractivity (Wildman–Crippen MR) is 147 cm³/mol. The first-order valence-corrected chi connectivity index (χ1v) is 14.1. The van der Waals surface area contributed by atoms with Crippen molar-refractivity contribution in [1.82, 2.24) is 10.3 Å². The highest BCUT2D eigenvalue weighted by molar-refractivity contribution is 7.92. The van der Waals surface area contributed by atoms with Crippen LogP contribution in [0.25, 0.3) is 0 Å². The lowest BCUT2D eigenvalue weighted by atomic mass is 10.0. The number of sulfonamides is 1. The Kier molecular flexibility index (Phi) is 8.25. The summed E-state index contributed by atoms with van der Waals surface area (Å²) < 4.78 is 39.7. The number of pyridine rings is 1. The number of ether oxygens (including phenoxy) is 2. The lowest BCUT2D eigenvalue weighted by Crippen LogP contribution is -2.51. The molecule has 1 aromatic heterocycles. The lowest BCUT2D eigenvalue weighted by Gasteiger charge is -2.35. The molecule has 206 valence electrons. The molecule has 1 aliphatic heterocycles. The number of amides is 1. The molecule has 1 amide bonds. The van der Waals surface area contributed by atoms with Crippen LogP contribution in [-0.2, 0) is 43.7 Å². The Morgan fingerprint density at radius 2 is 1.79 bits per heavy atom. The van der Waals surface area contributed by atoms with Gasteiger partial charge < -0.3 is 14.8 Å². The molecule has 0 bridgehead atoms. The Morgan fingerprint density at radius 3 is 2.49 bits per heavy atom. The van der Waals surface area contributed by atoms with E-state index in [1.54, 1.807) is 39.0 Å². The molecule has 10 heteroatoms. The molecule has 0 fully saturated rings. The highest BCUT2D eigenvalue weighted by atomic mass is 32.2. The number of fused-ring (bicyclic) bond motifs is 1. The van der Waals surface area contributed by atoms with Crippen LogP contribution in [0.15, 0.2) is 71.8 Å². The van der Waals surface area contributed by atoms with Crippen LogP contribution in [-0.4, -0.2) is 43.7 Å². The van der Waals surface area contributed by atoms with Gasteiger partial charge >= 0.3 is 12.1 Å². The molecule has 4 rings (SSSR count). The van der Waals surface area contributed by atoms with Gasteiger partial charge in [0.25, 0.3) is 10.0 Å². The molecule has 0 spiro atoms. The first-order chi connectivity index (χ1) is 18.4. The molecular formula is C29H33N3O6S. The average Bonchev–Trinajstić information content (AvgIpc) is 2.86. The van der Waals surface area contributed by atoms with Gasteiger partial charge in [-0.2, -0.15) is 0 Å². The Balaban J connectivity index is 1.60. The number of aromatic nitrogens is 1. The molecule has 39 heavy (non-hydrogen) atoms. The number of hydrogen-bond donors (Lipinski definition) is 1. The van der Waals surface area contributed by atoms with Crippen molar-refractivity contribution in [2.75, 3.05) is 10.8 Å². The van der Waals surface area contributed by atoms with Crippen LogP contribution in [0.2, 0.25) is 0 Å². The molecule has 3 aromatic rings. The molecule has 0 radical (unpaired) electrons. The molecule has 9 nitrogen and oxygen atoms in total. The molecule has 0 saturated carbocycles. The van der Waals surface area contributed by atoms with E-state index < -0.39 is 33.7 Å². The normalized spacial score (nSPS) is 15.3. The largest absolute Gasteiger partial charge is 0.461 e. The summed E-state index contributed by atoms with van der Waals surface area (Å²) in [7, 11) is -4.01. The second kappa shape index (κ2) is 11.4. The summed E-state index contributed by atoms with van der Waals surface area (Å²) >= 11 is 0. The summed E-state index contributed by atoms with van der Waals surface area (Å²) in [5, 5.41) is 2.78. The lowest BCUT2D eigenvalue weighted by molar-refractivity contribution is -0.144. The van der Waals surface area contributed by atoms with Gasteiger partial charge in [-0.05, 0) is 62.6 Å². The first kappa shape index (κ1) is 28.1. The third-order valence-corrected chi connectivity index (χ3v) is 7.76. The number of nitrogens with one attached hydrogen (secondary N) is 1.